The lowest BCUT2D eigenvalue weighted by molar-refractivity contribution is -0.117. The molecule has 0 radical (unpaired) electrons. The molecule has 1 aromatic carbocycles. The summed E-state index contributed by atoms with van der Waals surface area (Å²) in [5, 5.41) is 6.17. The first-order valence-electron chi connectivity index (χ1n) is 7.60. The minimum absolute atomic E-state index is 0. The highest BCUT2D eigenvalue weighted by Gasteiger charge is 2.22. The maximum atomic E-state index is 12.2. The molecular weight excluding hydrogens is 342 g/mol. The van der Waals surface area contributed by atoms with E-state index in [-0.39, 0.29) is 18.3 Å². The largest absolute Gasteiger partial charge is 0.326 e. The lowest BCUT2D eigenvalue weighted by Crippen LogP contribution is -2.32. The number of piperidine rings is 1. The van der Waals surface area contributed by atoms with Gasteiger partial charge in [0.25, 0.3) is 5.76 Å². The predicted octanol–water partition coefficient (Wildman–Crippen LogP) is 4.39. The van der Waals surface area contributed by atoms with Gasteiger partial charge in [0.15, 0.2) is 0 Å². The molecule has 2 N–H and O–H groups in total. The van der Waals surface area contributed by atoms with Gasteiger partial charge in [-0.15, -0.1) is 12.4 Å². The van der Waals surface area contributed by atoms with Crippen molar-refractivity contribution in [3.8, 4) is 0 Å². The van der Waals surface area contributed by atoms with Crippen LogP contribution >= 0.6 is 24.2 Å². The molecule has 1 aliphatic rings. The van der Waals surface area contributed by atoms with Gasteiger partial charge in [0.1, 0.15) is 0 Å². The topological polar surface area (TPSA) is 41.1 Å². The van der Waals surface area contributed by atoms with Crippen molar-refractivity contribution < 1.29 is 13.6 Å². The normalized spacial score (nSPS) is 16.7. The second-order valence-electron chi connectivity index (χ2n) is 5.72. The van der Waals surface area contributed by atoms with E-state index in [4.69, 9.17) is 0 Å². The standard InChI is InChI=1S/C16H22F2N2OS.ClH/c1-11(12-6-8-19-9-7-12)10-15(21)20-13-2-4-14(5-3-13)22-16(17)18;/h2-5,11-12,16,19H,6-10H2,1H3,(H,20,21);1H. The number of rotatable bonds is 6. The van der Waals surface area contributed by atoms with Crippen LogP contribution in [0.1, 0.15) is 26.2 Å². The summed E-state index contributed by atoms with van der Waals surface area (Å²) < 4.78 is 24.5. The number of hydrogen-bond acceptors (Lipinski definition) is 3. The van der Waals surface area contributed by atoms with Crippen LogP contribution < -0.4 is 10.6 Å². The third-order valence-corrected chi connectivity index (χ3v) is 4.78. The molecule has 2 rings (SSSR count). The fourth-order valence-electron chi connectivity index (χ4n) is 2.80. The fraction of sp³-hybridized carbons (Fsp3) is 0.562. The van der Waals surface area contributed by atoms with Crippen LogP contribution in [0, 0.1) is 11.8 Å². The van der Waals surface area contributed by atoms with E-state index in [1.165, 1.54) is 0 Å². The molecule has 1 aromatic rings. The van der Waals surface area contributed by atoms with Crippen molar-refractivity contribution in [2.75, 3.05) is 18.4 Å². The Labute approximate surface area is 146 Å². The van der Waals surface area contributed by atoms with Crippen molar-refractivity contribution in [2.45, 2.75) is 36.8 Å². The molecule has 130 valence electrons. The molecule has 0 spiro atoms. The zero-order valence-electron chi connectivity index (χ0n) is 13.1. The molecule has 0 bridgehead atoms. The van der Waals surface area contributed by atoms with Gasteiger partial charge < -0.3 is 10.6 Å². The van der Waals surface area contributed by atoms with Gasteiger partial charge in [-0.2, -0.15) is 8.78 Å². The zero-order chi connectivity index (χ0) is 15.9. The van der Waals surface area contributed by atoms with Crippen LogP contribution in [0.25, 0.3) is 0 Å². The molecule has 1 amide bonds. The van der Waals surface area contributed by atoms with Gasteiger partial charge in [-0.25, -0.2) is 0 Å². The fourth-order valence-corrected chi connectivity index (χ4v) is 3.30. The smallest absolute Gasteiger partial charge is 0.288 e. The van der Waals surface area contributed by atoms with Crippen LogP contribution in [-0.4, -0.2) is 24.8 Å². The average molecular weight is 365 g/mol. The van der Waals surface area contributed by atoms with Crippen molar-refractivity contribution in [3.05, 3.63) is 24.3 Å². The van der Waals surface area contributed by atoms with E-state index in [0.29, 0.717) is 40.6 Å². The van der Waals surface area contributed by atoms with Crippen molar-refractivity contribution in [2.24, 2.45) is 11.8 Å². The molecule has 1 unspecified atom stereocenters. The third-order valence-electron chi connectivity index (χ3n) is 4.06. The number of carbonyl (C=O) groups is 1. The number of thioether (sulfide) groups is 1. The number of nitrogens with one attached hydrogen (secondary N) is 2. The number of anilines is 1. The Morgan fingerprint density at radius 3 is 2.48 bits per heavy atom. The highest BCUT2D eigenvalue weighted by molar-refractivity contribution is 7.99. The lowest BCUT2D eigenvalue weighted by atomic mass is 9.84. The van der Waals surface area contributed by atoms with Crippen LogP contribution in [0.2, 0.25) is 0 Å². The Hall–Kier alpha value is -0.850. The molecule has 0 aromatic heterocycles. The summed E-state index contributed by atoms with van der Waals surface area (Å²) in [6.07, 6.45) is 2.74. The van der Waals surface area contributed by atoms with Crippen LogP contribution in [0.3, 0.4) is 0 Å². The van der Waals surface area contributed by atoms with E-state index in [9.17, 15) is 13.6 Å². The van der Waals surface area contributed by atoms with E-state index in [2.05, 4.69) is 17.6 Å². The van der Waals surface area contributed by atoms with E-state index >= 15 is 0 Å². The Morgan fingerprint density at radius 2 is 1.91 bits per heavy atom. The van der Waals surface area contributed by atoms with Gasteiger partial charge in [-0.1, -0.05) is 18.7 Å². The monoisotopic (exact) mass is 364 g/mol. The number of amides is 1. The predicted molar refractivity (Wildman–Crippen MR) is 93.6 cm³/mol. The van der Waals surface area contributed by atoms with Crippen LogP contribution in [0.4, 0.5) is 14.5 Å². The van der Waals surface area contributed by atoms with E-state index in [1.54, 1.807) is 24.3 Å². The second kappa shape index (κ2) is 10.1. The molecule has 0 saturated carbocycles. The number of benzene rings is 1. The summed E-state index contributed by atoms with van der Waals surface area (Å²) in [5.41, 5.74) is 0.654. The summed E-state index contributed by atoms with van der Waals surface area (Å²) in [5.74, 6) is -1.49. The molecule has 1 fully saturated rings. The van der Waals surface area contributed by atoms with Gasteiger partial charge in [-0.05, 0) is 62.0 Å². The van der Waals surface area contributed by atoms with E-state index in [1.807, 2.05) is 0 Å². The summed E-state index contributed by atoms with van der Waals surface area (Å²) in [6.45, 7) is 4.18. The molecule has 1 aliphatic heterocycles. The highest BCUT2D eigenvalue weighted by Crippen LogP contribution is 2.27. The summed E-state index contributed by atoms with van der Waals surface area (Å²) in [7, 11) is 0. The van der Waals surface area contributed by atoms with Crippen molar-refractivity contribution in [1.82, 2.24) is 5.32 Å². The molecule has 1 heterocycles. The van der Waals surface area contributed by atoms with Crippen LogP contribution in [0.15, 0.2) is 29.2 Å². The number of halogens is 3. The van der Waals surface area contributed by atoms with E-state index in [0.717, 1.165) is 25.9 Å². The maximum absolute atomic E-state index is 12.2. The first-order chi connectivity index (χ1) is 10.5. The second-order valence-corrected chi connectivity index (χ2v) is 6.78. The molecule has 1 saturated heterocycles. The average Bonchev–Trinajstić information content (AvgIpc) is 2.49. The Bertz CT molecular complexity index is 481. The first-order valence-corrected chi connectivity index (χ1v) is 8.48. The minimum atomic E-state index is -2.42. The molecular formula is C16H23ClF2N2OS. The Morgan fingerprint density at radius 1 is 1.30 bits per heavy atom. The van der Waals surface area contributed by atoms with E-state index < -0.39 is 5.76 Å². The van der Waals surface area contributed by atoms with Crippen molar-refractivity contribution in [1.29, 1.82) is 0 Å². The van der Waals surface area contributed by atoms with Crippen molar-refractivity contribution in [3.63, 3.8) is 0 Å². The highest BCUT2D eigenvalue weighted by atomic mass is 35.5. The molecule has 0 aliphatic carbocycles. The Kier molecular flexibility index (Phi) is 8.87. The van der Waals surface area contributed by atoms with Gasteiger partial charge in [0, 0.05) is 17.0 Å². The lowest BCUT2D eigenvalue weighted by Gasteiger charge is -2.27. The summed E-state index contributed by atoms with van der Waals surface area (Å²) in [6, 6.07) is 6.53. The SMILES string of the molecule is CC(CC(=O)Nc1ccc(SC(F)F)cc1)C1CCNCC1.Cl. The van der Waals surface area contributed by atoms with Crippen LogP contribution in [-0.2, 0) is 4.79 Å². The number of hydrogen-bond donors (Lipinski definition) is 2. The molecule has 7 heteroatoms. The van der Waals surface area contributed by atoms with Crippen molar-refractivity contribution >= 4 is 35.8 Å². The Balaban J connectivity index is 0.00000264. The van der Waals surface area contributed by atoms with Crippen LogP contribution in [0.5, 0.6) is 0 Å². The molecule has 23 heavy (non-hydrogen) atoms. The number of alkyl halides is 2. The summed E-state index contributed by atoms with van der Waals surface area (Å²) >= 11 is 0.503. The molecule has 3 nitrogen and oxygen atoms in total. The first kappa shape index (κ1) is 20.2. The third kappa shape index (κ3) is 7.06. The van der Waals surface area contributed by atoms with Gasteiger partial charge in [-0.3, -0.25) is 4.79 Å². The minimum Gasteiger partial charge on any atom is -0.326 e. The molecule has 1 atom stereocenters. The summed E-state index contributed by atoms with van der Waals surface area (Å²) in [4.78, 5) is 12.6. The van der Waals surface area contributed by atoms with Gasteiger partial charge >= 0.3 is 0 Å². The van der Waals surface area contributed by atoms with Gasteiger partial charge in [0.2, 0.25) is 5.91 Å². The number of carbonyl (C=O) groups excluding carboxylic acids is 1. The quantitative estimate of drug-likeness (QED) is 0.735. The zero-order valence-corrected chi connectivity index (χ0v) is 14.7. The maximum Gasteiger partial charge on any atom is 0.288 e. The van der Waals surface area contributed by atoms with Gasteiger partial charge in [0.05, 0.1) is 0 Å².